The van der Waals surface area contributed by atoms with Crippen LogP contribution in [0.25, 0.3) is 11.0 Å². The first kappa shape index (κ1) is 15.2. The molecule has 0 spiro atoms. The molecule has 0 aliphatic carbocycles. The lowest BCUT2D eigenvalue weighted by molar-refractivity contribution is -0.0956. The molecule has 1 amide bonds. The van der Waals surface area contributed by atoms with Crippen LogP contribution in [0.2, 0.25) is 0 Å². The van der Waals surface area contributed by atoms with Gasteiger partial charge in [0, 0.05) is 24.4 Å². The van der Waals surface area contributed by atoms with E-state index in [1.54, 1.807) is 0 Å². The molecular formula is C17H18BrNO4. The summed E-state index contributed by atoms with van der Waals surface area (Å²) < 4.78 is 17.8. The Morgan fingerprint density at radius 2 is 1.91 bits per heavy atom. The normalized spacial score (nSPS) is 20.5. The Hall–Kier alpha value is -1.37. The molecule has 2 aromatic rings. The van der Waals surface area contributed by atoms with E-state index < -0.39 is 0 Å². The van der Waals surface area contributed by atoms with Crippen molar-refractivity contribution in [1.29, 1.82) is 0 Å². The molecule has 1 aromatic heterocycles. The predicted octanol–water partition coefficient (Wildman–Crippen LogP) is 3.42. The summed E-state index contributed by atoms with van der Waals surface area (Å²) in [6.07, 6.45) is 1.72. The molecule has 6 heteroatoms. The number of fused-ring (bicyclic) bond motifs is 1. The van der Waals surface area contributed by atoms with Crippen molar-refractivity contribution < 1.29 is 18.7 Å². The summed E-state index contributed by atoms with van der Waals surface area (Å²) in [5.41, 5.74) is 0.721. The second kappa shape index (κ2) is 6.26. The largest absolute Gasteiger partial charge is 0.450 e. The van der Waals surface area contributed by atoms with Gasteiger partial charge in [0.15, 0.2) is 12.1 Å². The maximum Gasteiger partial charge on any atom is 0.289 e. The first-order chi connectivity index (χ1) is 11.2. The average Bonchev–Trinajstić information content (AvgIpc) is 3.24. The summed E-state index contributed by atoms with van der Waals surface area (Å²) in [5, 5.41) is 0.936. The number of likely N-dealkylation sites (tertiary alicyclic amines) is 1. The number of rotatable bonds is 2. The molecule has 2 fully saturated rings. The lowest BCUT2D eigenvalue weighted by atomic mass is 9.96. The maximum absolute atomic E-state index is 12.7. The molecule has 0 saturated carbocycles. The number of furan rings is 1. The van der Waals surface area contributed by atoms with E-state index in [4.69, 9.17) is 13.9 Å². The first-order valence-corrected chi connectivity index (χ1v) is 8.72. The smallest absolute Gasteiger partial charge is 0.289 e. The second-order valence-electron chi connectivity index (χ2n) is 6.01. The number of ether oxygens (including phenoxy) is 2. The molecule has 2 aliphatic heterocycles. The lowest BCUT2D eigenvalue weighted by Gasteiger charge is -2.33. The number of hydrogen-bond acceptors (Lipinski definition) is 4. The summed E-state index contributed by atoms with van der Waals surface area (Å²) in [6, 6.07) is 7.61. The molecule has 122 valence electrons. The van der Waals surface area contributed by atoms with Gasteiger partial charge in [-0.1, -0.05) is 12.1 Å². The van der Waals surface area contributed by atoms with E-state index in [-0.39, 0.29) is 12.2 Å². The third kappa shape index (κ3) is 2.91. The minimum atomic E-state index is -0.0885. The van der Waals surface area contributed by atoms with Crippen LogP contribution >= 0.6 is 15.9 Å². The average molecular weight is 380 g/mol. The fraction of sp³-hybridized carbons (Fsp3) is 0.471. The number of nitrogens with zero attached hydrogens (tertiary/aromatic N) is 1. The SMILES string of the molecule is O=C(c1cc2cccc(Br)c2o1)N1CCC(C2OCCO2)CC1. The number of benzene rings is 1. The van der Waals surface area contributed by atoms with Gasteiger partial charge in [-0.3, -0.25) is 4.79 Å². The number of piperidine rings is 1. The van der Waals surface area contributed by atoms with Crippen molar-refractivity contribution in [1.82, 2.24) is 4.90 Å². The van der Waals surface area contributed by atoms with Crippen LogP contribution in [-0.2, 0) is 9.47 Å². The molecule has 0 N–H and O–H groups in total. The number of hydrogen-bond donors (Lipinski definition) is 0. The molecular weight excluding hydrogens is 362 g/mol. The zero-order chi connectivity index (χ0) is 15.8. The molecule has 1 aromatic carbocycles. The summed E-state index contributed by atoms with van der Waals surface area (Å²) in [7, 11) is 0. The zero-order valence-corrected chi connectivity index (χ0v) is 14.3. The molecule has 3 heterocycles. The molecule has 2 saturated heterocycles. The predicted molar refractivity (Wildman–Crippen MR) is 88.2 cm³/mol. The Morgan fingerprint density at radius 3 is 2.61 bits per heavy atom. The van der Waals surface area contributed by atoms with Gasteiger partial charge in [-0.15, -0.1) is 0 Å². The van der Waals surface area contributed by atoms with Crippen molar-refractivity contribution in [2.24, 2.45) is 5.92 Å². The van der Waals surface area contributed by atoms with Crippen molar-refractivity contribution in [3.8, 4) is 0 Å². The Balaban J connectivity index is 1.45. The van der Waals surface area contributed by atoms with Crippen molar-refractivity contribution in [2.75, 3.05) is 26.3 Å². The third-order valence-electron chi connectivity index (χ3n) is 4.57. The lowest BCUT2D eigenvalue weighted by Crippen LogP contribution is -2.41. The van der Waals surface area contributed by atoms with Crippen LogP contribution in [0.3, 0.4) is 0 Å². The van der Waals surface area contributed by atoms with E-state index in [2.05, 4.69) is 15.9 Å². The molecule has 0 bridgehead atoms. The van der Waals surface area contributed by atoms with Crippen LogP contribution in [0, 0.1) is 5.92 Å². The summed E-state index contributed by atoms with van der Waals surface area (Å²) >= 11 is 3.45. The van der Waals surface area contributed by atoms with E-state index >= 15 is 0 Å². The molecule has 5 nitrogen and oxygen atoms in total. The van der Waals surface area contributed by atoms with E-state index in [9.17, 15) is 4.79 Å². The Morgan fingerprint density at radius 1 is 1.17 bits per heavy atom. The van der Waals surface area contributed by atoms with E-state index in [0.717, 1.165) is 28.3 Å². The van der Waals surface area contributed by atoms with Crippen LogP contribution in [0.1, 0.15) is 23.4 Å². The van der Waals surface area contributed by atoms with Crippen LogP contribution in [0.4, 0.5) is 0 Å². The fourth-order valence-electron chi connectivity index (χ4n) is 3.31. The monoisotopic (exact) mass is 379 g/mol. The highest BCUT2D eigenvalue weighted by molar-refractivity contribution is 9.10. The van der Waals surface area contributed by atoms with Gasteiger partial charge >= 0.3 is 0 Å². The van der Waals surface area contributed by atoms with Crippen LogP contribution in [-0.4, -0.2) is 43.4 Å². The summed E-state index contributed by atoms with van der Waals surface area (Å²) in [6.45, 7) is 2.78. The van der Waals surface area contributed by atoms with Gasteiger partial charge in [0.2, 0.25) is 0 Å². The first-order valence-electron chi connectivity index (χ1n) is 7.93. The topological polar surface area (TPSA) is 51.9 Å². The Labute approximate surface area is 142 Å². The van der Waals surface area contributed by atoms with Gasteiger partial charge in [0.05, 0.1) is 17.7 Å². The second-order valence-corrected chi connectivity index (χ2v) is 6.86. The standard InChI is InChI=1S/C17H18BrNO4/c18-13-3-1-2-12-10-14(23-15(12)13)16(20)19-6-4-11(5-7-19)17-21-8-9-22-17/h1-3,10-11,17H,4-9H2. The molecule has 0 unspecified atom stereocenters. The highest BCUT2D eigenvalue weighted by atomic mass is 79.9. The number of carbonyl (C=O) groups excluding carboxylic acids is 1. The molecule has 0 atom stereocenters. The van der Waals surface area contributed by atoms with E-state index in [1.165, 1.54) is 0 Å². The molecule has 4 rings (SSSR count). The van der Waals surface area contributed by atoms with Gasteiger partial charge in [0.25, 0.3) is 5.91 Å². The number of para-hydroxylation sites is 1. The van der Waals surface area contributed by atoms with E-state index in [0.29, 0.717) is 38.0 Å². The molecule has 23 heavy (non-hydrogen) atoms. The minimum absolute atomic E-state index is 0.0418. The number of amides is 1. The Bertz CT molecular complexity index is 714. The zero-order valence-electron chi connectivity index (χ0n) is 12.7. The minimum Gasteiger partial charge on any atom is -0.450 e. The van der Waals surface area contributed by atoms with Crippen molar-refractivity contribution in [2.45, 2.75) is 19.1 Å². The maximum atomic E-state index is 12.7. The number of carbonyl (C=O) groups is 1. The fourth-order valence-corrected chi connectivity index (χ4v) is 3.77. The molecule has 2 aliphatic rings. The van der Waals surface area contributed by atoms with E-state index in [1.807, 2.05) is 29.2 Å². The Kier molecular flexibility index (Phi) is 4.13. The van der Waals surface area contributed by atoms with Crippen LogP contribution in [0.15, 0.2) is 33.2 Å². The van der Waals surface area contributed by atoms with Crippen molar-refractivity contribution >= 4 is 32.8 Å². The van der Waals surface area contributed by atoms with Gasteiger partial charge in [-0.2, -0.15) is 0 Å². The van der Waals surface area contributed by atoms with Crippen molar-refractivity contribution in [3.63, 3.8) is 0 Å². The number of halogens is 1. The van der Waals surface area contributed by atoms with Gasteiger partial charge in [-0.25, -0.2) is 0 Å². The van der Waals surface area contributed by atoms with Gasteiger partial charge < -0.3 is 18.8 Å². The van der Waals surface area contributed by atoms with Crippen LogP contribution < -0.4 is 0 Å². The highest BCUT2D eigenvalue weighted by Gasteiger charge is 2.32. The van der Waals surface area contributed by atoms with Gasteiger partial charge in [-0.05, 0) is 40.9 Å². The summed E-state index contributed by atoms with van der Waals surface area (Å²) in [5.74, 6) is 0.741. The quantitative estimate of drug-likeness (QED) is 0.801. The molecule has 0 radical (unpaired) electrons. The van der Waals surface area contributed by atoms with Crippen molar-refractivity contribution in [3.05, 3.63) is 34.5 Å². The van der Waals surface area contributed by atoms with Gasteiger partial charge in [0.1, 0.15) is 5.58 Å². The summed E-state index contributed by atoms with van der Waals surface area (Å²) in [4.78, 5) is 14.5. The highest BCUT2D eigenvalue weighted by Crippen LogP contribution is 2.30. The third-order valence-corrected chi connectivity index (χ3v) is 5.19. The van der Waals surface area contributed by atoms with Crippen LogP contribution in [0.5, 0.6) is 0 Å².